The molecule has 0 bridgehead atoms. The first kappa shape index (κ1) is 11.5. The molecule has 114 valence electrons. The average Bonchev–Trinajstić information content (AvgIpc) is 2.56. The molecule has 1 heteroatoms. The van der Waals surface area contributed by atoms with Gasteiger partial charge in [0.05, 0.1) is 0 Å². The van der Waals surface area contributed by atoms with Gasteiger partial charge in [0.1, 0.15) is 0 Å². The van der Waals surface area contributed by atoms with Gasteiger partial charge in [-0.05, 0) is 50.2 Å². The lowest BCUT2D eigenvalue weighted by Crippen LogP contribution is -2.17. The van der Waals surface area contributed by atoms with Crippen molar-refractivity contribution in [2.75, 3.05) is 13.5 Å². The van der Waals surface area contributed by atoms with Gasteiger partial charge in [0.15, 0.2) is 0 Å². The smallest absolute Gasteiger partial charge is 0.0481 e. The minimum Gasteiger partial charge on any atom is -0.298 e. The molecule has 0 saturated carbocycles. The van der Waals surface area contributed by atoms with Crippen LogP contribution in [0.5, 0.6) is 0 Å². The number of benzene rings is 2. The Morgan fingerprint density at radius 2 is 1.86 bits per heavy atom. The number of likely N-dealkylation sites (N-methyl/N-ethyl adjacent to an activating group) is 1. The van der Waals surface area contributed by atoms with Crippen LogP contribution in [-0.4, -0.2) is 18.4 Å². The van der Waals surface area contributed by atoms with E-state index in [1.807, 2.05) is 51.1 Å². The Morgan fingerprint density at radius 1 is 1.14 bits per heavy atom. The summed E-state index contributed by atoms with van der Waals surface area (Å²) in [6.45, 7) is 1.95. The van der Waals surface area contributed by atoms with E-state index in [9.17, 15) is 0 Å². The number of allylic oxidation sites excluding steroid dienone is 1. The van der Waals surface area contributed by atoms with Gasteiger partial charge in [0, 0.05) is 23.9 Å². The highest BCUT2D eigenvalue weighted by Crippen LogP contribution is 2.19. The van der Waals surface area contributed by atoms with Gasteiger partial charge in [-0.1, -0.05) is 60.4 Å². The highest BCUT2D eigenvalue weighted by Gasteiger charge is 2.03. The molecule has 0 aromatic heterocycles. The van der Waals surface area contributed by atoms with Crippen LogP contribution in [0.25, 0.3) is 10.8 Å². The van der Waals surface area contributed by atoms with E-state index < -0.39 is 13.0 Å². The van der Waals surface area contributed by atoms with Crippen molar-refractivity contribution in [3.8, 4) is 11.8 Å². The number of hydrogen-bond acceptors (Lipinski definition) is 1. The fourth-order valence-electron chi connectivity index (χ4n) is 1.98. The second-order valence-corrected chi connectivity index (χ2v) is 6.18. The summed E-state index contributed by atoms with van der Waals surface area (Å²) >= 11 is 0. The number of hydrogen-bond donors (Lipinski definition) is 0. The van der Waals surface area contributed by atoms with Crippen LogP contribution in [0, 0.1) is 17.3 Å². The third kappa shape index (κ3) is 5.06. The van der Waals surface area contributed by atoms with Gasteiger partial charge in [0.2, 0.25) is 0 Å². The zero-order chi connectivity index (χ0) is 19.6. The molecule has 1 nitrogen and oxygen atoms in total. The molecule has 0 aliphatic heterocycles. The molecule has 0 fully saturated rings. The largest absolute Gasteiger partial charge is 0.298 e. The number of nitrogens with zero attached hydrogens (tertiary/aromatic N) is 1. The molecule has 2 rings (SSSR count). The Kier molecular flexibility index (Phi) is 3.82. The minimum atomic E-state index is -1.99. The van der Waals surface area contributed by atoms with Crippen LogP contribution >= 0.6 is 0 Å². The number of rotatable bonds is 4. The van der Waals surface area contributed by atoms with Gasteiger partial charge in [-0.15, -0.1) is 0 Å². The van der Waals surface area contributed by atoms with Crippen molar-refractivity contribution in [3.63, 3.8) is 0 Å². The molecular weight excluding hydrogens is 266 g/mol. The second kappa shape index (κ2) is 7.29. The summed E-state index contributed by atoms with van der Waals surface area (Å²) in [5.41, 5.74) is 0.275. The van der Waals surface area contributed by atoms with Crippen molar-refractivity contribution in [1.82, 2.24) is 4.90 Å². The van der Waals surface area contributed by atoms with Gasteiger partial charge in [-0.25, -0.2) is 0 Å². The van der Waals surface area contributed by atoms with Crippen molar-refractivity contribution in [2.45, 2.75) is 27.3 Å². The SMILES string of the molecule is [2H]C([2H])(/C=C/C#CC(C)(C)C)N(C)C([2H])([2H])c1cccc2ccccc12. The summed E-state index contributed by atoms with van der Waals surface area (Å²) in [5.74, 6) is 5.85. The van der Waals surface area contributed by atoms with Crippen molar-refractivity contribution in [2.24, 2.45) is 5.41 Å². The highest BCUT2D eigenvalue weighted by molar-refractivity contribution is 5.85. The zero-order valence-corrected chi connectivity index (χ0v) is 13.6. The lowest BCUT2D eigenvalue weighted by atomic mass is 9.98. The van der Waals surface area contributed by atoms with E-state index in [4.69, 9.17) is 5.48 Å². The van der Waals surface area contributed by atoms with Crippen molar-refractivity contribution in [1.29, 1.82) is 0 Å². The van der Waals surface area contributed by atoms with E-state index in [-0.39, 0.29) is 5.41 Å². The van der Waals surface area contributed by atoms with Gasteiger partial charge >= 0.3 is 0 Å². The Hall–Kier alpha value is -2.04. The lowest BCUT2D eigenvalue weighted by molar-refractivity contribution is 0.365. The highest BCUT2D eigenvalue weighted by atomic mass is 15.1. The first-order valence-electron chi connectivity index (χ1n) is 9.38. The van der Waals surface area contributed by atoms with E-state index in [0.717, 1.165) is 15.7 Å². The van der Waals surface area contributed by atoms with E-state index in [1.165, 1.54) is 19.2 Å². The summed E-state index contributed by atoms with van der Waals surface area (Å²) in [6, 6.07) is 13.0. The monoisotopic (exact) mass is 295 g/mol. The Balaban J connectivity index is 2.37. The topological polar surface area (TPSA) is 3.24 Å². The molecule has 0 aliphatic carbocycles. The lowest BCUT2D eigenvalue weighted by Gasteiger charge is -2.15. The molecule has 0 saturated heterocycles. The number of fused-ring (bicyclic) bond motifs is 1. The Bertz CT molecular complexity index is 861. The van der Waals surface area contributed by atoms with Gasteiger partial charge in [0.25, 0.3) is 0 Å². The van der Waals surface area contributed by atoms with Gasteiger partial charge in [-0.2, -0.15) is 0 Å². The molecule has 22 heavy (non-hydrogen) atoms. The summed E-state index contributed by atoms with van der Waals surface area (Å²) in [4.78, 5) is 1.09. The molecule has 0 aliphatic rings. The van der Waals surface area contributed by atoms with Crippen LogP contribution in [0.1, 0.15) is 31.8 Å². The van der Waals surface area contributed by atoms with Crippen LogP contribution in [-0.2, 0) is 6.50 Å². The van der Waals surface area contributed by atoms with Crippen molar-refractivity contribution < 1.29 is 5.48 Å². The normalized spacial score (nSPS) is 15.9. The maximum Gasteiger partial charge on any atom is 0.0481 e. The van der Waals surface area contributed by atoms with Crippen LogP contribution in [0.2, 0.25) is 0 Å². The standard InChI is InChI=1S/C21H25N/c1-21(2,3)15-8-5-9-16-22(4)17-19-13-10-12-18-11-6-7-14-20(18)19/h5-7,9-14H,16-17H2,1-4H3/b9-5+/i16D2,17D2. The molecule has 2 aromatic carbocycles. The van der Waals surface area contributed by atoms with Crippen LogP contribution in [0.4, 0.5) is 0 Å². The van der Waals surface area contributed by atoms with E-state index in [0.29, 0.717) is 5.56 Å². The van der Waals surface area contributed by atoms with E-state index >= 15 is 0 Å². The molecule has 0 heterocycles. The van der Waals surface area contributed by atoms with Crippen LogP contribution < -0.4 is 0 Å². The Labute approximate surface area is 140 Å². The zero-order valence-electron chi connectivity index (χ0n) is 17.6. The molecule has 0 radical (unpaired) electrons. The van der Waals surface area contributed by atoms with Crippen molar-refractivity contribution in [3.05, 3.63) is 60.2 Å². The maximum atomic E-state index is 8.57. The quantitative estimate of drug-likeness (QED) is 0.727. The van der Waals surface area contributed by atoms with Crippen molar-refractivity contribution >= 4 is 10.8 Å². The summed E-state index contributed by atoms with van der Waals surface area (Å²) in [6.07, 6.45) is 2.76. The molecule has 0 atom stereocenters. The Morgan fingerprint density at radius 3 is 2.64 bits per heavy atom. The predicted octanol–water partition coefficient (Wildman–Crippen LogP) is 4.88. The third-order valence-corrected chi connectivity index (χ3v) is 2.96. The predicted molar refractivity (Wildman–Crippen MR) is 96.7 cm³/mol. The van der Waals surface area contributed by atoms with Gasteiger partial charge < -0.3 is 0 Å². The molecule has 0 N–H and O–H groups in total. The molecular formula is C21H25N. The molecule has 0 spiro atoms. The second-order valence-electron chi connectivity index (χ2n) is 6.18. The minimum absolute atomic E-state index is 0.166. The maximum absolute atomic E-state index is 8.57. The van der Waals surface area contributed by atoms with Gasteiger partial charge in [-0.3, -0.25) is 4.90 Å². The average molecular weight is 295 g/mol. The van der Waals surface area contributed by atoms with Crippen LogP contribution in [0.3, 0.4) is 0 Å². The van der Waals surface area contributed by atoms with E-state index in [2.05, 4.69) is 11.8 Å². The first-order chi connectivity index (χ1) is 12.0. The first-order valence-corrected chi connectivity index (χ1v) is 7.38. The molecule has 0 amide bonds. The molecule has 2 aromatic rings. The summed E-state index contributed by atoms with van der Waals surface area (Å²) in [7, 11) is 1.45. The third-order valence-electron chi connectivity index (χ3n) is 2.96. The molecule has 0 unspecified atom stereocenters. The fraction of sp³-hybridized carbons (Fsp3) is 0.333. The van der Waals surface area contributed by atoms with Crippen LogP contribution in [0.15, 0.2) is 54.6 Å². The summed E-state index contributed by atoms with van der Waals surface area (Å²) in [5, 5.41) is 1.70. The fourth-order valence-corrected chi connectivity index (χ4v) is 1.98. The summed E-state index contributed by atoms with van der Waals surface area (Å²) < 4.78 is 33.7. The van der Waals surface area contributed by atoms with E-state index in [1.54, 1.807) is 12.1 Å².